The average molecular weight is 370 g/mol. The van der Waals surface area contributed by atoms with E-state index >= 15 is 0 Å². The molecule has 1 aromatic carbocycles. The number of carbonyl (C=O) groups excluding carboxylic acids is 1. The molecule has 6 heteroatoms. The summed E-state index contributed by atoms with van der Waals surface area (Å²) < 4.78 is 0. The number of amides is 1. The van der Waals surface area contributed by atoms with Crippen molar-refractivity contribution in [2.24, 2.45) is 5.92 Å². The molecule has 0 bridgehead atoms. The van der Waals surface area contributed by atoms with Crippen LogP contribution in [-0.2, 0) is 6.42 Å². The van der Waals surface area contributed by atoms with E-state index < -0.39 is 0 Å². The zero-order valence-corrected chi connectivity index (χ0v) is 14.9. The number of nitrogens with zero attached hydrogens (tertiary/aromatic N) is 1. The predicted molar refractivity (Wildman–Crippen MR) is 101 cm³/mol. The molecule has 1 atom stereocenters. The zero-order chi connectivity index (χ0) is 18.1. The summed E-state index contributed by atoms with van der Waals surface area (Å²) >= 11 is 6.20. The minimum Gasteiger partial charge on any atom is -0.393 e. The minimum absolute atomic E-state index is 0.0670. The van der Waals surface area contributed by atoms with Crippen molar-refractivity contribution in [3.05, 3.63) is 65.1 Å². The Morgan fingerprint density at radius 2 is 2.15 bits per heavy atom. The van der Waals surface area contributed by atoms with Gasteiger partial charge in [-0.25, -0.2) is 0 Å². The molecule has 0 unspecified atom stereocenters. The SMILES string of the molecule is O=C(N[C@H](Cc1ccccn1)C1CC(O)C1)c1cc2c(Cl)cccc2[nH]1. The van der Waals surface area contributed by atoms with E-state index in [2.05, 4.69) is 15.3 Å². The Labute approximate surface area is 156 Å². The zero-order valence-electron chi connectivity index (χ0n) is 14.2. The maximum atomic E-state index is 12.8. The molecule has 5 nitrogen and oxygen atoms in total. The predicted octanol–water partition coefficient (Wildman–Crippen LogP) is 3.33. The van der Waals surface area contributed by atoms with Gasteiger partial charge in [0, 0.05) is 40.3 Å². The number of hydrogen-bond acceptors (Lipinski definition) is 3. The van der Waals surface area contributed by atoms with E-state index in [0.717, 1.165) is 16.6 Å². The number of hydrogen-bond donors (Lipinski definition) is 3. The molecule has 1 amide bonds. The second kappa shape index (κ2) is 7.09. The number of nitrogens with one attached hydrogen (secondary N) is 2. The summed E-state index contributed by atoms with van der Waals surface area (Å²) in [4.78, 5) is 20.3. The normalized spacial score (nSPS) is 20.5. The van der Waals surface area contributed by atoms with Gasteiger partial charge in [-0.3, -0.25) is 9.78 Å². The number of fused-ring (bicyclic) bond motifs is 1. The Morgan fingerprint density at radius 3 is 2.85 bits per heavy atom. The van der Waals surface area contributed by atoms with Gasteiger partial charge in [0.15, 0.2) is 0 Å². The summed E-state index contributed by atoms with van der Waals surface area (Å²) in [5, 5.41) is 14.2. The van der Waals surface area contributed by atoms with Gasteiger partial charge in [0.2, 0.25) is 0 Å². The molecule has 2 aromatic heterocycles. The molecule has 0 saturated heterocycles. The highest BCUT2D eigenvalue weighted by Gasteiger charge is 2.35. The first kappa shape index (κ1) is 17.1. The molecule has 1 aliphatic rings. The number of rotatable bonds is 5. The van der Waals surface area contributed by atoms with Crippen molar-refractivity contribution in [1.29, 1.82) is 0 Å². The van der Waals surface area contributed by atoms with Gasteiger partial charge in [-0.05, 0) is 49.1 Å². The lowest BCUT2D eigenvalue weighted by atomic mass is 9.76. The van der Waals surface area contributed by atoms with E-state index in [1.807, 2.05) is 30.3 Å². The smallest absolute Gasteiger partial charge is 0.267 e. The third-order valence-corrected chi connectivity index (χ3v) is 5.38. The third kappa shape index (κ3) is 3.45. The molecule has 2 heterocycles. The minimum atomic E-state index is -0.269. The average Bonchev–Trinajstić information content (AvgIpc) is 3.05. The summed E-state index contributed by atoms with van der Waals surface area (Å²) in [7, 11) is 0. The Morgan fingerprint density at radius 1 is 1.31 bits per heavy atom. The first-order valence-corrected chi connectivity index (χ1v) is 9.14. The van der Waals surface area contributed by atoms with Crippen LogP contribution in [0.15, 0.2) is 48.7 Å². The fraction of sp³-hybridized carbons (Fsp3) is 0.300. The molecule has 0 aliphatic heterocycles. The van der Waals surface area contributed by atoms with E-state index in [-0.39, 0.29) is 24.0 Å². The fourth-order valence-electron chi connectivity index (χ4n) is 3.52. The van der Waals surface area contributed by atoms with Crippen LogP contribution in [0.25, 0.3) is 10.9 Å². The van der Waals surface area contributed by atoms with Crippen molar-refractivity contribution < 1.29 is 9.90 Å². The van der Waals surface area contributed by atoms with E-state index in [4.69, 9.17) is 11.6 Å². The van der Waals surface area contributed by atoms with Crippen LogP contribution >= 0.6 is 11.6 Å². The lowest BCUT2D eigenvalue weighted by molar-refractivity contribution is 0.0237. The first-order valence-electron chi connectivity index (χ1n) is 8.76. The number of aromatic nitrogens is 2. The quantitative estimate of drug-likeness (QED) is 0.645. The molecule has 3 aromatic rings. The molecule has 1 saturated carbocycles. The fourth-order valence-corrected chi connectivity index (χ4v) is 3.75. The van der Waals surface area contributed by atoms with Crippen molar-refractivity contribution >= 4 is 28.4 Å². The highest BCUT2D eigenvalue weighted by Crippen LogP contribution is 2.32. The van der Waals surface area contributed by atoms with Crippen LogP contribution in [0.5, 0.6) is 0 Å². The van der Waals surface area contributed by atoms with Crippen LogP contribution in [0.1, 0.15) is 29.0 Å². The van der Waals surface area contributed by atoms with Gasteiger partial charge >= 0.3 is 0 Å². The van der Waals surface area contributed by atoms with Crippen molar-refractivity contribution in [2.45, 2.75) is 31.4 Å². The van der Waals surface area contributed by atoms with Gasteiger partial charge in [0.05, 0.1) is 6.10 Å². The molecule has 1 fully saturated rings. The Kier molecular flexibility index (Phi) is 4.66. The maximum absolute atomic E-state index is 12.8. The second-order valence-electron chi connectivity index (χ2n) is 6.87. The molecule has 0 radical (unpaired) electrons. The lowest BCUT2D eigenvalue weighted by Crippen LogP contribution is -2.48. The third-order valence-electron chi connectivity index (χ3n) is 5.05. The molecule has 4 rings (SSSR count). The van der Waals surface area contributed by atoms with Crippen molar-refractivity contribution in [1.82, 2.24) is 15.3 Å². The Balaban J connectivity index is 1.54. The van der Waals surface area contributed by atoms with Gasteiger partial charge in [-0.15, -0.1) is 0 Å². The maximum Gasteiger partial charge on any atom is 0.267 e. The topological polar surface area (TPSA) is 78.0 Å². The molecule has 3 N–H and O–H groups in total. The van der Waals surface area contributed by atoms with Crippen LogP contribution in [0.2, 0.25) is 5.02 Å². The van der Waals surface area contributed by atoms with Crippen LogP contribution in [0.4, 0.5) is 0 Å². The van der Waals surface area contributed by atoms with Crippen molar-refractivity contribution in [3.63, 3.8) is 0 Å². The van der Waals surface area contributed by atoms with Gasteiger partial charge < -0.3 is 15.4 Å². The number of aliphatic hydroxyl groups is 1. The van der Waals surface area contributed by atoms with Crippen LogP contribution in [-0.4, -0.2) is 33.1 Å². The Bertz CT molecular complexity index is 919. The standard InChI is InChI=1S/C20H20ClN3O2/c21-16-5-3-6-17-15(16)11-19(23-17)20(26)24-18(12-8-14(25)9-12)10-13-4-1-2-7-22-13/h1-7,11-12,14,18,23,25H,8-10H2,(H,24,26)/t12?,14?,18-/m1/s1. The van der Waals surface area contributed by atoms with Crippen LogP contribution < -0.4 is 5.32 Å². The molecule has 134 valence electrons. The molecular formula is C20H20ClN3O2. The van der Waals surface area contributed by atoms with Gasteiger partial charge in [0.1, 0.15) is 5.69 Å². The monoisotopic (exact) mass is 369 g/mol. The molecule has 1 aliphatic carbocycles. The van der Waals surface area contributed by atoms with Crippen molar-refractivity contribution in [2.75, 3.05) is 0 Å². The second-order valence-corrected chi connectivity index (χ2v) is 7.28. The summed E-state index contributed by atoms with van der Waals surface area (Å²) in [6.45, 7) is 0. The molecule has 26 heavy (non-hydrogen) atoms. The number of H-pyrrole nitrogens is 1. The Hall–Kier alpha value is -2.37. The van der Waals surface area contributed by atoms with Gasteiger partial charge in [0.25, 0.3) is 5.91 Å². The number of benzene rings is 1. The number of aromatic amines is 1. The van der Waals surface area contributed by atoms with E-state index in [1.54, 1.807) is 18.3 Å². The summed E-state index contributed by atoms with van der Waals surface area (Å²) in [6.07, 6.45) is 3.54. The van der Waals surface area contributed by atoms with Crippen LogP contribution in [0, 0.1) is 5.92 Å². The van der Waals surface area contributed by atoms with Crippen molar-refractivity contribution in [3.8, 4) is 0 Å². The highest BCUT2D eigenvalue weighted by molar-refractivity contribution is 6.35. The number of pyridine rings is 1. The molecule has 0 spiro atoms. The number of aliphatic hydroxyl groups excluding tert-OH is 1. The largest absolute Gasteiger partial charge is 0.393 e. The van der Waals surface area contributed by atoms with E-state index in [1.165, 1.54) is 0 Å². The van der Waals surface area contributed by atoms with Gasteiger partial charge in [-0.1, -0.05) is 23.7 Å². The highest BCUT2D eigenvalue weighted by atomic mass is 35.5. The van der Waals surface area contributed by atoms with E-state index in [0.29, 0.717) is 30.0 Å². The summed E-state index contributed by atoms with van der Waals surface area (Å²) in [5.74, 6) is 0.0866. The molecular weight excluding hydrogens is 350 g/mol. The first-order chi connectivity index (χ1) is 12.6. The van der Waals surface area contributed by atoms with E-state index in [9.17, 15) is 9.90 Å². The summed E-state index contributed by atoms with van der Waals surface area (Å²) in [6, 6.07) is 13.0. The van der Waals surface area contributed by atoms with Gasteiger partial charge in [-0.2, -0.15) is 0 Å². The number of carbonyl (C=O) groups is 1. The summed E-state index contributed by atoms with van der Waals surface area (Å²) in [5.41, 5.74) is 2.25. The number of halogens is 1. The lowest BCUT2D eigenvalue weighted by Gasteiger charge is -2.38. The van der Waals surface area contributed by atoms with Crippen LogP contribution in [0.3, 0.4) is 0 Å².